The molecule has 0 N–H and O–H groups in total. The Morgan fingerprint density at radius 1 is 1.04 bits per heavy atom. The van der Waals surface area contributed by atoms with Gasteiger partial charge in [0.1, 0.15) is 6.29 Å². The summed E-state index contributed by atoms with van der Waals surface area (Å²) in [5, 5.41) is 0. The van der Waals surface area contributed by atoms with Gasteiger partial charge in [0.25, 0.3) is 0 Å². The minimum absolute atomic E-state index is 0.253. The molecule has 0 saturated heterocycles. The van der Waals surface area contributed by atoms with Crippen molar-refractivity contribution < 1.29 is 4.79 Å². The summed E-state index contributed by atoms with van der Waals surface area (Å²) in [6.07, 6.45) is 17.4. The van der Waals surface area contributed by atoms with E-state index >= 15 is 0 Å². The summed E-state index contributed by atoms with van der Waals surface area (Å²) >= 11 is 0. The maximum atomic E-state index is 11.4. The number of rotatable bonds is 2. The average Bonchev–Trinajstić information content (AvgIpc) is 2.91. The zero-order chi connectivity index (χ0) is 16.2. The van der Waals surface area contributed by atoms with E-state index in [4.69, 9.17) is 0 Å². The van der Waals surface area contributed by atoms with Gasteiger partial charge in [0.2, 0.25) is 0 Å². The highest BCUT2D eigenvalue weighted by atomic mass is 16.1. The molecule has 128 valence electrons. The van der Waals surface area contributed by atoms with Crippen LogP contribution in [0.1, 0.15) is 72.1 Å². The number of carbonyl (C=O) groups excluding carboxylic acids is 1. The number of aldehydes is 1. The zero-order valence-corrected chi connectivity index (χ0v) is 15.3. The Labute approximate surface area is 142 Å². The molecule has 0 aromatic heterocycles. The van der Waals surface area contributed by atoms with Crippen molar-refractivity contribution in [2.45, 2.75) is 72.1 Å². The first-order valence-electron chi connectivity index (χ1n) is 10.1. The van der Waals surface area contributed by atoms with E-state index in [9.17, 15) is 4.79 Å². The van der Waals surface area contributed by atoms with Gasteiger partial charge >= 0.3 is 0 Å². The summed E-state index contributed by atoms with van der Waals surface area (Å²) in [7, 11) is 0. The smallest absolute Gasteiger partial charge is 0.123 e. The van der Waals surface area contributed by atoms with Crippen LogP contribution in [0.15, 0.2) is 12.2 Å². The molecule has 0 amide bonds. The van der Waals surface area contributed by atoms with Crippen molar-refractivity contribution in [3.05, 3.63) is 12.2 Å². The van der Waals surface area contributed by atoms with Crippen LogP contribution in [0, 0.1) is 46.3 Å². The van der Waals surface area contributed by atoms with Gasteiger partial charge in [0.15, 0.2) is 0 Å². The fourth-order valence-electron chi connectivity index (χ4n) is 7.82. The molecule has 23 heavy (non-hydrogen) atoms. The monoisotopic (exact) mass is 314 g/mol. The van der Waals surface area contributed by atoms with E-state index in [-0.39, 0.29) is 5.92 Å². The van der Waals surface area contributed by atoms with E-state index in [1.54, 1.807) is 0 Å². The third kappa shape index (κ3) is 2.14. The summed E-state index contributed by atoms with van der Waals surface area (Å²) in [4.78, 5) is 11.4. The molecule has 1 nitrogen and oxygen atoms in total. The van der Waals surface area contributed by atoms with Crippen molar-refractivity contribution in [3.8, 4) is 0 Å². The molecule has 0 bridgehead atoms. The highest BCUT2D eigenvalue weighted by molar-refractivity contribution is 5.53. The molecule has 0 aromatic rings. The van der Waals surface area contributed by atoms with E-state index in [1.165, 1.54) is 57.7 Å². The SMILES string of the molecule is CC(C=O)[C@H]1CC[C@H]2[C@@H]3CCC4CCC=C[C@]4(C)[C@H]3CC[C@]12C. The van der Waals surface area contributed by atoms with Gasteiger partial charge in [-0.2, -0.15) is 0 Å². The van der Waals surface area contributed by atoms with E-state index in [0.717, 1.165) is 23.7 Å². The van der Waals surface area contributed by atoms with Gasteiger partial charge < -0.3 is 4.79 Å². The molecule has 2 unspecified atom stereocenters. The number of hydrogen-bond donors (Lipinski definition) is 0. The average molecular weight is 315 g/mol. The number of hydrogen-bond acceptors (Lipinski definition) is 1. The van der Waals surface area contributed by atoms with Gasteiger partial charge in [-0.1, -0.05) is 32.9 Å². The van der Waals surface area contributed by atoms with Crippen LogP contribution >= 0.6 is 0 Å². The van der Waals surface area contributed by atoms with E-state index in [2.05, 4.69) is 32.9 Å². The van der Waals surface area contributed by atoms with Gasteiger partial charge in [-0.05, 0) is 91.8 Å². The van der Waals surface area contributed by atoms with Gasteiger partial charge in [-0.25, -0.2) is 0 Å². The van der Waals surface area contributed by atoms with Crippen LogP contribution in [0.25, 0.3) is 0 Å². The first kappa shape index (κ1) is 15.9. The summed E-state index contributed by atoms with van der Waals surface area (Å²) in [6.45, 7) is 7.28. The van der Waals surface area contributed by atoms with E-state index < -0.39 is 0 Å². The number of fused-ring (bicyclic) bond motifs is 5. The predicted octanol–water partition coefficient (Wildman–Crippen LogP) is 5.65. The molecule has 4 rings (SSSR count). The number of carbonyl (C=O) groups is 1. The Morgan fingerprint density at radius 3 is 2.65 bits per heavy atom. The van der Waals surface area contributed by atoms with Gasteiger partial charge in [0.05, 0.1) is 0 Å². The molecule has 4 aliphatic rings. The number of allylic oxidation sites excluding steroid dienone is 2. The molecule has 0 heterocycles. The largest absolute Gasteiger partial charge is 0.303 e. The maximum absolute atomic E-state index is 11.4. The minimum Gasteiger partial charge on any atom is -0.303 e. The molecule has 3 saturated carbocycles. The standard InChI is InChI=1S/C22H34O/c1-15(14-23)18-9-10-19-17-8-7-16-6-4-5-12-21(16,2)20(17)11-13-22(18,19)3/h5,12,14-20H,4,6-11,13H2,1-3H3/t15?,16?,17-,18+,19-,20-,21-,22+/m0/s1. The Balaban J connectivity index is 1.64. The van der Waals surface area contributed by atoms with Crippen molar-refractivity contribution in [3.63, 3.8) is 0 Å². The molecule has 1 heteroatoms. The Morgan fingerprint density at radius 2 is 1.87 bits per heavy atom. The van der Waals surface area contributed by atoms with Crippen molar-refractivity contribution in [2.24, 2.45) is 46.3 Å². The summed E-state index contributed by atoms with van der Waals surface area (Å²) in [5.41, 5.74) is 0.903. The topological polar surface area (TPSA) is 17.1 Å². The lowest BCUT2D eigenvalue weighted by molar-refractivity contribution is -0.116. The lowest BCUT2D eigenvalue weighted by atomic mass is 9.45. The third-order valence-corrected chi connectivity index (χ3v) is 9.05. The van der Waals surface area contributed by atoms with Crippen LogP contribution in [0.4, 0.5) is 0 Å². The second-order valence-corrected chi connectivity index (χ2v) is 9.72. The molecule has 0 spiro atoms. The Hall–Kier alpha value is -0.590. The Bertz CT molecular complexity index is 508. The predicted molar refractivity (Wildman–Crippen MR) is 95.0 cm³/mol. The van der Waals surface area contributed by atoms with Crippen LogP contribution in [0.2, 0.25) is 0 Å². The summed E-state index contributed by atoms with van der Waals surface area (Å²) in [6, 6.07) is 0. The summed E-state index contributed by atoms with van der Waals surface area (Å²) in [5.74, 6) is 4.52. The highest BCUT2D eigenvalue weighted by Crippen LogP contribution is 2.67. The van der Waals surface area contributed by atoms with Crippen molar-refractivity contribution in [2.75, 3.05) is 0 Å². The third-order valence-electron chi connectivity index (χ3n) is 9.05. The van der Waals surface area contributed by atoms with Crippen molar-refractivity contribution in [1.82, 2.24) is 0 Å². The first-order valence-corrected chi connectivity index (χ1v) is 10.1. The molecule has 0 aliphatic heterocycles. The normalized spacial score (nSPS) is 53.1. The minimum atomic E-state index is 0.253. The molecule has 0 aromatic carbocycles. The van der Waals surface area contributed by atoms with Gasteiger partial charge in [-0.3, -0.25) is 0 Å². The van der Waals surface area contributed by atoms with Crippen molar-refractivity contribution >= 4 is 6.29 Å². The van der Waals surface area contributed by atoms with Crippen LogP contribution in [-0.2, 0) is 4.79 Å². The second-order valence-electron chi connectivity index (χ2n) is 9.72. The zero-order valence-electron chi connectivity index (χ0n) is 15.3. The fourth-order valence-corrected chi connectivity index (χ4v) is 7.82. The lowest BCUT2D eigenvalue weighted by Crippen LogP contribution is -2.52. The lowest BCUT2D eigenvalue weighted by Gasteiger charge is -2.59. The molecular weight excluding hydrogens is 280 g/mol. The first-order chi connectivity index (χ1) is 11.0. The molecule has 8 atom stereocenters. The molecule has 0 radical (unpaired) electrons. The summed E-state index contributed by atoms with van der Waals surface area (Å²) < 4.78 is 0. The van der Waals surface area contributed by atoms with E-state index in [1.807, 2.05) is 0 Å². The Kier molecular flexibility index (Phi) is 3.78. The molecule has 4 aliphatic carbocycles. The van der Waals surface area contributed by atoms with Crippen LogP contribution in [-0.4, -0.2) is 6.29 Å². The van der Waals surface area contributed by atoms with Gasteiger partial charge in [0, 0.05) is 5.92 Å². The quantitative estimate of drug-likeness (QED) is 0.476. The van der Waals surface area contributed by atoms with Crippen molar-refractivity contribution in [1.29, 1.82) is 0 Å². The van der Waals surface area contributed by atoms with Gasteiger partial charge in [-0.15, -0.1) is 0 Å². The maximum Gasteiger partial charge on any atom is 0.123 e. The molecule has 3 fully saturated rings. The van der Waals surface area contributed by atoms with Crippen LogP contribution in [0.3, 0.4) is 0 Å². The fraction of sp³-hybridized carbons (Fsp3) is 0.864. The highest BCUT2D eigenvalue weighted by Gasteiger charge is 2.59. The van der Waals surface area contributed by atoms with Crippen LogP contribution < -0.4 is 0 Å². The van der Waals surface area contributed by atoms with Crippen LogP contribution in [0.5, 0.6) is 0 Å². The van der Waals surface area contributed by atoms with E-state index in [0.29, 0.717) is 16.7 Å². The second kappa shape index (κ2) is 5.46. The molecular formula is C22H34O.